The van der Waals surface area contributed by atoms with E-state index in [2.05, 4.69) is 49.3 Å². The summed E-state index contributed by atoms with van der Waals surface area (Å²) in [7, 11) is 1.96. The van der Waals surface area contributed by atoms with Crippen molar-refractivity contribution in [1.29, 1.82) is 0 Å². The van der Waals surface area contributed by atoms with Crippen molar-refractivity contribution in [2.24, 2.45) is 0 Å². The van der Waals surface area contributed by atoms with Gasteiger partial charge in [-0.2, -0.15) is 0 Å². The summed E-state index contributed by atoms with van der Waals surface area (Å²) in [4.78, 5) is 4.69. The van der Waals surface area contributed by atoms with Gasteiger partial charge in [0.1, 0.15) is 10.8 Å². The molecule has 0 aliphatic rings. The predicted octanol–water partition coefficient (Wildman–Crippen LogP) is 7.50. The second-order valence-electron chi connectivity index (χ2n) is 6.10. The summed E-state index contributed by atoms with van der Waals surface area (Å²) >= 11 is 1.62. The highest BCUT2D eigenvalue weighted by molar-refractivity contribution is 7.21. The van der Waals surface area contributed by atoms with Crippen molar-refractivity contribution >= 4 is 27.2 Å². The van der Waals surface area contributed by atoms with Gasteiger partial charge in [0.05, 0.1) is 10.2 Å². The smallest absolute Gasteiger partial charge is 0.124 e. The summed E-state index contributed by atoms with van der Waals surface area (Å²) in [5, 5.41) is 13.9. The zero-order valence-corrected chi connectivity index (χ0v) is 18.4. The number of rotatable bonds is 5. The number of anilines is 1. The Hall–Kier alpha value is -2.07. The SMILES string of the molecule is CC.CCC.CCCCc1cc(-c2nc3ccc(O)cc3s2)ccc1NC. The minimum absolute atomic E-state index is 0.289. The highest BCUT2D eigenvalue weighted by Gasteiger charge is 2.09. The maximum absolute atomic E-state index is 9.59. The summed E-state index contributed by atoms with van der Waals surface area (Å²) in [6.07, 6.45) is 4.70. The van der Waals surface area contributed by atoms with Gasteiger partial charge in [0, 0.05) is 18.3 Å². The Labute approximate surface area is 168 Å². The molecule has 0 radical (unpaired) electrons. The fourth-order valence-corrected chi connectivity index (χ4v) is 3.58. The second-order valence-corrected chi connectivity index (χ2v) is 7.13. The van der Waals surface area contributed by atoms with Crippen LogP contribution in [0.2, 0.25) is 0 Å². The summed E-state index contributed by atoms with van der Waals surface area (Å²) in [5.41, 5.74) is 4.61. The molecule has 3 aromatic rings. The van der Waals surface area contributed by atoms with Crippen LogP contribution in [0.15, 0.2) is 36.4 Å². The molecule has 0 amide bonds. The molecule has 1 heterocycles. The van der Waals surface area contributed by atoms with Crippen molar-refractivity contribution in [3.63, 3.8) is 0 Å². The lowest BCUT2D eigenvalue weighted by molar-refractivity contribution is 0.476. The van der Waals surface area contributed by atoms with Gasteiger partial charge < -0.3 is 10.4 Å². The Morgan fingerprint density at radius 1 is 1.04 bits per heavy atom. The van der Waals surface area contributed by atoms with E-state index in [-0.39, 0.29) is 5.75 Å². The number of hydrogen-bond acceptors (Lipinski definition) is 4. The third kappa shape index (κ3) is 6.55. The van der Waals surface area contributed by atoms with Gasteiger partial charge in [-0.15, -0.1) is 11.3 Å². The first kappa shape index (κ1) is 23.0. The van der Waals surface area contributed by atoms with Gasteiger partial charge in [0.25, 0.3) is 0 Å². The summed E-state index contributed by atoms with van der Waals surface area (Å²) in [6.45, 7) is 10.5. The fourth-order valence-electron chi connectivity index (χ4n) is 2.58. The van der Waals surface area contributed by atoms with E-state index in [1.807, 2.05) is 27.0 Å². The van der Waals surface area contributed by atoms with Crippen LogP contribution in [0.1, 0.15) is 59.4 Å². The molecule has 2 N–H and O–H groups in total. The van der Waals surface area contributed by atoms with Crippen LogP contribution in [-0.4, -0.2) is 17.1 Å². The Balaban J connectivity index is 0.000000665. The van der Waals surface area contributed by atoms with Crippen LogP contribution in [0.25, 0.3) is 20.8 Å². The first-order chi connectivity index (χ1) is 13.1. The molecule has 148 valence electrons. The molecule has 0 unspecified atom stereocenters. The van der Waals surface area contributed by atoms with Crippen LogP contribution in [0.3, 0.4) is 0 Å². The van der Waals surface area contributed by atoms with Crippen LogP contribution < -0.4 is 5.32 Å². The minimum atomic E-state index is 0.289. The number of hydrogen-bond donors (Lipinski definition) is 2. The van der Waals surface area contributed by atoms with E-state index in [9.17, 15) is 5.11 Å². The molecule has 3 nitrogen and oxygen atoms in total. The van der Waals surface area contributed by atoms with Crippen LogP contribution in [0, 0.1) is 0 Å². The van der Waals surface area contributed by atoms with Gasteiger partial charge in [-0.3, -0.25) is 0 Å². The summed E-state index contributed by atoms with van der Waals surface area (Å²) < 4.78 is 1.02. The third-order valence-electron chi connectivity index (χ3n) is 3.79. The Morgan fingerprint density at radius 3 is 2.37 bits per heavy atom. The monoisotopic (exact) mass is 386 g/mol. The number of aromatic hydroxyl groups is 1. The number of unbranched alkanes of at least 4 members (excludes halogenated alkanes) is 1. The largest absolute Gasteiger partial charge is 0.508 e. The number of nitrogens with one attached hydrogen (secondary N) is 1. The Morgan fingerprint density at radius 2 is 1.74 bits per heavy atom. The Kier molecular flexibility index (Phi) is 10.5. The molecule has 0 bridgehead atoms. The molecular weight excluding hydrogens is 352 g/mol. The van der Waals surface area contributed by atoms with Gasteiger partial charge in [-0.25, -0.2) is 4.98 Å². The molecule has 4 heteroatoms. The number of phenols is 1. The van der Waals surface area contributed by atoms with Crippen molar-refractivity contribution in [1.82, 2.24) is 4.98 Å². The maximum Gasteiger partial charge on any atom is 0.124 e. The molecule has 27 heavy (non-hydrogen) atoms. The molecule has 0 spiro atoms. The molecule has 0 fully saturated rings. The van der Waals surface area contributed by atoms with Crippen molar-refractivity contribution < 1.29 is 5.11 Å². The average molecular weight is 387 g/mol. The zero-order valence-electron chi connectivity index (χ0n) is 17.6. The van der Waals surface area contributed by atoms with Crippen molar-refractivity contribution in [3.05, 3.63) is 42.0 Å². The van der Waals surface area contributed by atoms with Gasteiger partial charge >= 0.3 is 0 Å². The predicted molar refractivity (Wildman–Crippen MR) is 122 cm³/mol. The van der Waals surface area contributed by atoms with Gasteiger partial charge in [0.15, 0.2) is 0 Å². The topological polar surface area (TPSA) is 45.2 Å². The zero-order chi connectivity index (χ0) is 20.2. The number of aromatic nitrogens is 1. The van der Waals surface area contributed by atoms with E-state index in [0.717, 1.165) is 27.2 Å². The van der Waals surface area contributed by atoms with Crippen LogP contribution in [0.5, 0.6) is 5.75 Å². The first-order valence-electron chi connectivity index (χ1n) is 10.0. The number of fused-ring (bicyclic) bond motifs is 1. The molecule has 1 aromatic heterocycles. The van der Waals surface area contributed by atoms with E-state index in [4.69, 9.17) is 0 Å². The molecule has 0 aliphatic heterocycles. The van der Waals surface area contributed by atoms with Crippen LogP contribution in [-0.2, 0) is 6.42 Å². The molecule has 2 aromatic carbocycles. The molecule has 0 aliphatic carbocycles. The molecule has 3 rings (SSSR count). The molecular formula is C23H34N2OS. The minimum Gasteiger partial charge on any atom is -0.508 e. The van der Waals surface area contributed by atoms with Crippen LogP contribution >= 0.6 is 11.3 Å². The maximum atomic E-state index is 9.59. The second kappa shape index (κ2) is 12.3. The van der Waals surface area contributed by atoms with E-state index >= 15 is 0 Å². The molecule has 0 atom stereocenters. The number of thiazole rings is 1. The Bertz CT molecular complexity index is 811. The van der Waals surface area contributed by atoms with Crippen molar-refractivity contribution in [2.45, 2.75) is 60.3 Å². The summed E-state index contributed by atoms with van der Waals surface area (Å²) in [5.74, 6) is 0.289. The normalized spacial score (nSPS) is 9.85. The number of benzene rings is 2. The van der Waals surface area contributed by atoms with Crippen LogP contribution in [0.4, 0.5) is 5.69 Å². The van der Waals surface area contributed by atoms with E-state index < -0.39 is 0 Å². The fraction of sp³-hybridized carbons (Fsp3) is 0.435. The first-order valence-corrected chi connectivity index (χ1v) is 10.8. The highest BCUT2D eigenvalue weighted by atomic mass is 32.1. The van der Waals surface area contributed by atoms with Gasteiger partial charge in [-0.1, -0.05) is 47.5 Å². The number of aryl methyl sites for hydroxylation is 1. The highest BCUT2D eigenvalue weighted by Crippen LogP contribution is 2.33. The third-order valence-corrected chi connectivity index (χ3v) is 4.86. The number of nitrogens with zero attached hydrogens (tertiary/aromatic N) is 1. The van der Waals surface area contributed by atoms with E-state index in [1.54, 1.807) is 23.5 Å². The lowest BCUT2D eigenvalue weighted by Crippen LogP contribution is -1.96. The van der Waals surface area contributed by atoms with Gasteiger partial charge in [-0.05, 0) is 54.8 Å². The lowest BCUT2D eigenvalue weighted by atomic mass is 10.0. The summed E-state index contributed by atoms with van der Waals surface area (Å²) in [6, 6.07) is 11.8. The van der Waals surface area contributed by atoms with Crippen molar-refractivity contribution in [2.75, 3.05) is 12.4 Å². The van der Waals surface area contributed by atoms with E-state index in [0.29, 0.717) is 0 Å². The standard InChI is InChI=1S/C18H20N2OS.C3H8.C2H6/c1-3-4-5-12-10-13(6-8-15(12)19-2)18-20-16-9-7-14(21)11-17(16)22-18;1-3-2;1-2/h6-11,19,21H,3-5H2,1-2H3;3H2,1-2H3;1-2H3. The van der Waals surface area contributed by atoms with E-state index in [1.165, 1.54) is 30.5 Å². The molecule has 0 saturated heterocycles. The average Bonchev–Trinajstić information content (AvgIpc) is 3.11. The molecule has 0 saturated carbocycles. The lowest BCUT2D eigenvalue weighted by Gasteiger charge is -2.10. The van der Waals surface area contributed by atoms with Crippen molar-refractivity contribution in [3.8, 4) is 16.3 Å². The van der Waals surface area contributed by atoms with Gasteiger partial charge in [0.2, 0.25) is 0 Å². The number of phenolic OH excluding ortho intramolecular Hbond substituents is 1. The quantitative estimate of drug-likeness (QED) is 0.477.